The van der Waals surface area contributed by atoms with E-state index in [9.17, 15) is 0 Å². The molecule has 0 amide bonds. The van der Waals surface area contributed by atoms with Gasteiger partial charge in [-0.3, -0.25) is 0 Å². The molecule has 4 rings (SSSR count). The first-order valence-electron chi connectivity index (χ1n) is 9.49. The second-order valence-electron chi connectivity index (χ2n) is 7.27. The van der Waals surface area contributed by atoms with Gasteiger partial charge in [0, 0.05) is 21.8 Å². The third kappa shape index (κ3) is 3.10. The third-order valence-corrected chi connectivity index (χ3v) is 7.70. The zero-order valence-electron chi connectivity index (χ0n) is 16.1. The Balaban J connectivity index is 1.90. The van der Waals surface area contributed by atoms with Crippen LogP contribution in [-0.2, 0) is 5.41 Å². The van der Waals surface area contributed by atoms with Gasteiger partial charge < -0.3 is 0 Å². The monoisotopic (exact) mass is 420 g/mol. The average molecular weight is 421 g/mol. The van der Waals surface area contributed by atoms with E-state index in [0.717, 1.165) is 11.5 Å². The van der Waals surface area contributed by atoms with Gasteiger partial charge >= 0.3 is 0 Å². The van der Waals surface area contributed by atoms with Crippen LogP contribution in [0.4, 0.5) is 0 Å². The number of hydrogen-bond donors (Lipinski definition) is 2. The molecule has 3 aromatic rings. The predicted octanol–water partition coefficient (Wildman–Crippen LogP) is 7.52. The van der Waals surface area contributed by atoms with E-state index in [1.807, 2.05) is 6.92 Å². The Labute approximate surface area is 182 Å². The molecule has 1 aliphatic rings. The Hall–Kier alpha value is -1.68. The minimum atomic E-state index is -0.166. The van der Waals surface area contributed by atoms with Gasteiger partial charge in [0.2, 0.25) is 0 Å². The first kappa shape index (κ1) is 19.6. The van der Waals surface area contributed by atoms with Gasteiger partial charge in [0.1, 0.15) is 0 Å². The number of hydrogen-bond acceptors (Lipinski definition) is 3. The van der Waals surface area contributed by atoms with E-state index in [1.54, 1.807) is 11.3 Å². The zero-order chi connectivity index (χ0) is 19.7. The molecule has 2 aromatic carbocycles. The molecule has 0 atom stereocenters. The van der Waals surface area contributed by atoms with Crippen molar-refractivity contribution in [3.63, 3.8) is 0 Å². The maximum Gasteiger partial charge on any atom is 0.0391 e. The van der Waals surface area contributed by atoms with E-state index in [0.29, 0.717) is 0 Å². The maximum absolute atomic E-state index is 4.81. The highest BCUT2D eigenvalue weighted by atomic mass is 32.1. The summed E-state index contributed by atoms with van der Waals surface area (Å²) < 4.78 is 0. The summed E-state index contributed by atoms with van der Waals surface area (Å²) >= 11 is 11.4. The summed E-state index contributed by atoms with van der Waals surface area (Å²) in [6.07, 6.45) is 6.32. The molecule has 0 N–H and O–H groups in total. The van der Waals surface area contributed by atoms with Crippen molar-refractivity contribution >= 4 is 42.2 Å². The van der Waals surface area contributed by atoms with Gasteiger partial charge in [-0.2, -0.15) is 25.3 Å². The van der Waals surface area contributed by atoms with Crippen LogP contribution in [0.3, 0.4) is 0 Å². The smallest absolute Gasteiger partial charge is 0.0391 e. The van der Waals surface area contributed by atoms with Crippen molar-refractivity contribution in [3.05, 3.63) is 88.8 Å². The maximum atomic E-state index is 4.81. The molecule has 0 radical (unpaired) electrons. The van der Waals surface area contributed by atoms with Crippen LogP contribution in [0.2, 0.25) is 0 Å². The molecule has 0 spiro atoms. The molecule has 3 heteroatoms. The fourth-order valence-electron chi connectivity index (χ4n) is 4.06. The molecule has 0 bridgehead atoms. The largest absolute Gasteiger partial charge is 0.178 e. The second kappa shape index (κ2) is 7.98. The average Bonchev–Trinajstić information content (AvgIpc) is 3.36. The van der Waals surface area contributed by atoms with Crippen molar-refractivity contribution in [2.45, 2.75) is 19.3 Å². The summed E-state index contributed by atoms with van der Waals surface area (Å²) in [6.45, 7) is 4.21. The van der Waals surface area contributed by atoms with E-state index < -0.39 is 0 Å². The number of allylic oxidation sites excluding steroid dienone is 4. The quantitative estimate of drug-likeness (QED) is 0.309. The van der Waals surface area contributed by atoms with Crippen molar-refractivity contribution in [2.24, 2.45) is 0 Å². The fourth-order valence-corrected chi connectivity index (χ4v) is 5.87. The van der Waals surface area contributed by atoms with Gasteiger partial charge in [-0.25, -0.2) is 0 Å². The lowest BCUT2D eigenvalue weighted by Crippen LogP contribution is -2.29. The molecular weight excluding hydrogens is 396 g/mol. The minimum absolute atomic E-state index is 0.166. The van der Waals surface area contributed by atoms with Crippen molar-refractivity contribution in [3.8, 4) is 21.6 Å². The number of thiol groups is 2. The highest BCUT2D eigenvalue weighted by molar-refractivity contribution is 7.81. The van der Waals surface area contributed by atoms with Crippen molar-refractivity contribution in [2.75, 3.05) is 11.5 Å². The molecule has 0 saturated heterocycles. The normalized spacial score (nSPS) is 15.1. The van der Waals surface area contributed by atoms with Crippen molar-refractivity contribution < 1.29 is 0 Å². The van der Waals surface area contributed by atoms with Gasteiger partial charge in [0.15, 0.2) is 0 Å². The van der Waals surface area contributed by atoms with Crippen LogP contribution in [0.25, 0.3) is 27.1 Å². The lowest BCUT2D eigenvalue weighted by atomic mass is 9.80. The number of fused-ring (bicyclic) bond motifs is 3. The molecular formula is C25H24S3. The highest BCUT2D eigenvalue weighted by Crippen LogP contribution is 2.51. The standard InChI is InChI=1S/C25H24S3/c1-3-4-6-17(2)18-8-10-20-21-11-9-19(24-7-5-12-28-24)14-23(21)25(15-26,16-27)22(20)13-18/h3-14,26-27H,15-16H2,1-2H3/b4-3-,17-6+. The Morgan fingerprint density at radius 2 is 1.71 bits per heavy atom. The fraction of sp³-hybridized carbons (Fsp3) is 0.200. The summed E-state index contributed by atoms with van der Waals surface area (Å²) in [5.41, 5.74) is 8.98. The summed E-state index contributed by atoms with van der Waals surface area (Å²) in [5, 5.41) is 2.13. The van der Waals surface area contributed by atoms with Gasteiger partial charge in [-0.05, 0) is 76.4 Å². The van der Waals surface area contributed by atoms with Gasteiger partial charge in [-0.15, -0.1) is 11.3 Å². The molecule has 0 fully saturated rings. The van der Waals surface area contributed by atoms with Crippen LogP contribution < -0.4 is 0 Å². The van der Waals surface area contributed by atoms with Gasteiger partial charge in [0.05, 0.1) is 0 Å². The number of thiophene rings is 1. The number of benzene rings is 2. The molecule has 142 valence electrons. The molecule has 0 aliphatic heterocycles. The molecule has 0 unspecified atom stereocenters. The van der Waals surface area contributed by atoms with Crippen LogP contribution in [0.5, 0.6) is 0 Å². The summed E-state index contributed by atoms with van der Waals surface area (Å²) in [5.74, 6) is 1.48. The van der Waals surface area contributed by atoms with Crippen LogP contribution in [-0.4, -0.2) is 11.5 Å². The molecule has 28 heavy (non-hydrogen) atoms. The first-order valence-corrected chi connectivity index (χ1v) is 11.6. The summed E-state index contributed by atoms with van der Waals surface area (Å²) in [6, 6.07) is 18.0. The van der Waals surface area contributed by atoms with E-state index >= 15 is 0 Å². The van der Waals surface area contributed by atoms with Crippen molar-refractivity contribution in [1.82, 2.24) is 0 Å². The van der Waals surface area contributed by atoms with E-state index in [4.69, 9.17) is 25.3 Å². The Kier molecular flexibility index (Phi) is 5.59. The SMILES string of the molecule is C/C=C\C=C(/C)c1ccc2c(c1)C(CS)(CS)c1cc(-c3cccs3)ccc1-2. The molecule has 0 nitrogen and oxygen atoms in total. The van der Waals surface area contributed by atoms with Gasteiger partial charge in [0.25, 0.3) is 0 Å². The van der Waals surface area contributed by atoms with Crippen LogP contribution in [0, 0.1) is 0 Å². The molecule has 1 aromatic heterocycles. The van der Waals surface area contributed by atoms with E-state index in [1.165, 1.54) is 43.8 Å². The second-order valence-corrected chi connectivity index (χ2v) is 8.85. The Morgan fingerprint density at radius 3 is 2.36 bits per heavy atom. The van der Waals surface area contributed by atoms with Gasteiger partial charge in [-0.1, -0.05) is 48.6 Å². The Morgan fingerprint density at radius 1 is 1.00 bits per heavy atom. The van der Waals surface area contributed by atoms with E-state index in [-0.39, 0.29) is 5.41 Å². The van der Waals surface area contributed by atoms with Crippen LogP contribution in [0.1, 0.15) is 30.5 Å². The topological polar surface area (TPSA) is 0 Å². The number of rotatable bonds is 5. The highest BCUT2D eigenvalue weighted by Gasteiger charge is 2.41. The van der Waals surface area contributed by atoms with Crippen LogP contribution >= 0.6 is 36.6 Å². The first-order chi connectivity index (χ1) is 13.6. The van der Waals surface area contributed by atoms with Crippen molar-refractivity contribution in [1.29, 1.82) is 0 Å². The lowest BCUT2D eigenvalue weighted by molar-refractivity contribution is 0.690. The lowest BCUT2D eigenvalue weighted by Gasteiger charge is -2.29. The minimum Gasteiger partial charge on any atom is -0.178 e. The summed E-state index contributed by atoms with van der Waals surface area (Å²) in [4.78, 5) is 1.30. The predicted molar refractivity (Wildman–Crippen MR) is 132 cm³/mol. The van der Waals surface area contributed by atoms with Crippen LogP contribution in [0.15, 0.2) is 72.1 Å². The zero-order valence-corrected chi connectivity index (χ0v) is 18.8. The molecule has 1 aliphatic carbocycles. The Bertz CT molecular complexity index is 1050. The molecule has 1 heterocycles. The van der Waals surface area contributed by atoms with E-state index in [2.05, 4.69) is 79.1 Å². The summed E-state index contributed by atoms with van der Waals surface area (Å²) in [7, 11) is 0. The third-order valence-electron chi connectivity index (χ3n) is 5.70. The molecule has 0 saturated carbocycles.